The number of nitrogens with one attached hydrogen (secondary N) is 2. The molecular weight excluding hydrogens is 358 g/mol. The maximum atomic E-state index is 12.1. The van der Waals surface area contributed by atoms with Crippen LogP contribution in [-0.4, -0.2) is 46.3 Å². The van der Waals surface area contributed by atoms with Gasteiger partial charge < -0.3 is 14.8 Å². The smallest absolute Gasteiger partial charge is 0.275 e. The number of aromatic nitrogens is 3. The Hall–Kier alpha value is -1.86. The Morgan fingerprint density at radius 3 is 2.85 bits per heavy atom. The van der Waals surface area contributed by atoms with Gasteiger partial charge in [-0.15, -0.1) is 10.2 Å². The van der Waals surface area contributed by atoms with Crippen molar-refractivity contribution in [2.45, 2.75) is 48.6 Å². The predicted octanol–water partition coefficient (Wildman–Crippen LogP) is 1.15. The maximum Gasteiger partial charge on any atom is 0.275 e. The van der Waals surface area contributed by atoms with Crippen molar-refractivity contribution in [1.82, 2.24) is 20.1 Å². The summed E-state index contributed by atoms with van der Waals surface area (Å²) in [6.07, 6.45) is 4.55. The summed E-state index contributed by atoms with van der Waals surface area (Å²) in [5, 5.41) is 13.0. The average Bonchev–Trinajstić information content (AvgIpc) is 3.41. The van der Waals surface area contributed by atoms with Gasteiger partial charge in [0.05, 0.1) is 19.0 Å². The van der Waals surface area contributed by atoms with E-state index in [0.717, 1.165) is 55.5 Å². The molecule has 0 radical (unpaired) electrons. The van der Waals surface area contributed by atoms with Gasteiger partial charge in [-0.05, 0) is 31.2 Å². The van der Waals surface area contributed by atoms with Crippen molar-refractivity contribution in [3.8, 4) is 0 Å². The molecule has 1 aliphatic carbocycles. The first-order chi connectivity index (χ1) is 13.2. The summed E-state index contributed by atoms with van der Waals surface area (Å²) in [6.45, 7) is 2.62. The van der Waals surface area contributed by atoms with Gasteiger partial charge >= 0.3 is 0 Å². The second-order valence-corrected chi connectivity index (χ2v) is 8.68. The Morgan fingerprint density at radius 2 is 2.07 bits per heavy atom. The average molecular weight is 387 g/mol. The normalized spacial score (nSPS) is 22.6. The van der Waals surface area contributed by atoms with Crippen LogP contribution < -0.4 is 10.2 Å². The number of piperidine rings is 1. The molecule has 0 bridgehead atoms. The van der Waals surface area contributed by atoms with Gasteiger partial charge in [-0.2, -0.15) is 0 Å². The highest BCUT2D eigenvalue weighted by molar-refractivity contribution is 7.98. The molecule has 1 aromatic carbocycles. The molecule has 1 saturated carbocycles. The molecule has 2 aromatic rings. The van der Waals surface area contributed by atoms with E-state index in [2.05, 4.69) is 51.4 Å². The van der Waals surface area contributed by atoms with Crippen LogP contribution in [-0.2, 0) is 17.6 Å². The van der Waals surface area contributed by atoms with Crippen LogP contribution in [0.2, 0.25) is 0 Å². The number of hydrogen-bond acceptors (Lipinski definition) is 4. The quantitative estimate of drug-likeness (QED) is 0.701. The summed E-state index contributed by atoms with van der Waals surface area (Å²) >= 11 is 1.73. The Bertz CT molecular complexity index is 774. The SMILES string of the molecule is Cn1c(SCc2ccccc2)nnc1[C@H]1CCC[NH+](CC(=O)NC2CC2)C1. The lowest BCUT2D eigenvalue weighted by Gasteiger charge is -2.28. The third-order valence-corrected chi connectivity index (χ3v) is 6.51. The van der Waals surface area contributed by atoms with Crippen molar-refractivity contribution >= 4 is 17.7 Å². The van der Waals surface area contributed by atoms with Crippen molar-refractivity contribution in [2.24, 2.45) is 7.05 Å². The molecule has 2 atom stereocenters. The maximum absolute atomic E-state index is 12.1. The zero-order valence-corrected chi connectivity index (χ0v) is 16.7. The molecule has 1 unspecified atom stereocenters. The van der Waals surface area contributed by atoms with Crippen molar-refractivity contribution in [3.63, 3.8) is 0 Å². The number of hydrogen-bond donors (Lipinski definition) is 2. The lowest BCUT2D eigenvalue weighted by Crippen LogP contribution is -3.14. The molecule has 2 heterocycles. The van der Waals surface area contributed by atoms with Crippen LogP contribution in [0.15, 0.2) is 35.5 Å². The van der Waals surface area contributed by atoms with Gasteiger partial charge in [0.15, 0.2) is 11.7 Å². The highest BCUT2D eigenvalue weighted by Crippen LogP contribution is 2.26. The van der Waals surface area contributed by atoms with Crippen LogP contribution in [0.5, 0.6) is 0 Å². The molecule has 4 rings (SSSR count). The fourth-order valence-corrected chi connectivity index (χ4v) is 4.67. The van der Waals surface area contributed by atoms with Gasteiger partial charge in [-0.25, -0.2) is 0 Å². The van der Waals surface area contributed by atoms with Crippen molar-refractivity contribution in [2.75, 3.05) is 19.6 Å². The number of carbonyl (C=O) groups excluding carboxylic acids is 1. The first-order valence-corrected chi connectivity index (χ1v) is 10.9. The topological polar surface area (TPSA) is 64.2 Å². The molecule has 27 heavy (non-hydrogen) atoms. The Kier molecular flexibility index (Phi) is 5.78. The summed E-state index contributed by atoms with van der Waals surface area (Å²) in [4.78, 5) is 13.5. The van der Waals surface area contributed by atoms with Crippen LogP contribution in [0, 0.1) is 0 Å². The summed E-state index contributed by atoms with van der Waals surface area (Å²) in [5.41, 5.74) is 1.29. The third-order valence-electron chi connectivity index (χ3n) is 5.42. The molecule has 144 valence electrons. The molecule has 2 aliphatic rings. The number of quaternary nitrogens is 1. The fraction of sp³-hybridized carbons (Fsp3) is 0.550. The standard InChI is InChI=1S/C20H27N5OS/c1-24-19(22-23-20(24)27-14-15-6-3-2-4-7-15)16-8-5-11-25(12-16)13-18(26)21-17-9-10-17/h2-4,6-7,16-17H,5,8-14H2,1H3,(H,21,26)/p+1/t16-/m0/s1. The molecule has 1 amide bonds. The minimum absolute atomic E-state index is 0.199. The summed E-state index contributed by atoms with van der Waals surface area (Å²) in [7, 11) is 2.07. The molecule has 1 saturated heterocycles. The Labute approximate surface area is 164 Å². The first kappa shape index (κ1) is 18.5. The number of likely N-dealkylation sites (tertiary alicyclic amines) is 1. The fourth-order valence-electron chi connectivity index (χ4n) is 3.79. The van der Waals surface area contributed by atoms with Crippen LogP contribution in [0.3, 0.4) is 0 Å². The number of rotatable bonds is 7. The number of benzene rings is 1. The zero-order chi connectivity index (χ0) is 18.6. The summed E-state index contributed by atoms with van der Waals surface area (Å²) < 4.78 is 2.14. The lowest BCUT2D eigenvalue weighted by molar-refractivity contribution is -0.898. The monoisotopic (exact) mass is 386 g/mol. The van der Waals surface area contributed by atoms with Gasteiger partial charge in [0.1, 0.15) is 5.82 Å². The van der Waals surface area contributed by atoms with E-state index in [9.17, 15) is 4.79 Å². The lowest BCUT2D eigenvalue weighted by atomic mass is 9.97. The Balaban J connectivity index is 1.34. The zero-order valence-electron chi connectivity index (χ0n) is 15.9. The van der Waals surface area contributed by atoms with E-state index in [4.69, 9.17) is 0 Å². The molecule has 1 aromatic heterocycles. The number of carbonyl (C=O) groups is 1. The highest BCUT2D eigenvalue weighted by Gasteiger charge is 2.31. The minimum Gasteiger partial charge on any atom is -0.348 e. The van der Waals surface area contributed by atoms with Gasteiger partial charge in [0.2, 0.25) is 0 Å². The molecule has 0 spiro atoms. The molecule has 2 fully saturated rings. The van der Waals surface area contributed by atoms with E-state index in [1.54, 1.807) is 11.8 Å². The van der Waals surface area contributed by atoms with Gasteiger partial charge in [0, 0.05) is 18.8 Å². The van der Waals surface area contributed by atoms with E-state index in [-0.39, 0.29) is 5.91 Å². The number of nitrogens with zero attached hydrogens (tertiary/aromatic N) is 3. The van der Waals surface area contributed by atoms with E-state index in [0.29, 0.717) is 18.5 Å². The van der Waals surface area contributed by atoms with E-state index in [1.165, 1.54) is 10.5 Å². The van der Waals surface area contributed by atoms with Crippen molar-refractivity contribution < 1.29 is 9.69 Å². The van der Waals surface area contributed by atoms with Gasteiger partial charge in [0.25, 0.3) is 5.91 Å². The molecule has 1 aliphatic heterocycles. The molecule has 2 N–H and O–H groups in total. The van der Waals surface area contributed by atoms with E-state index < -0.39 is 0 Å². The second kappa shape index (κ2) is 8.44. The molecule has 7 heteroatoms. The summed E-state index contributed by atoms with van der Waals surface area (Å²) in [6, 6.07) is 10.9. The van der Waals surface area contributed by atoms with Crippen LogP contribution in [0.25, 0.3) is 0 Å². The van der Waals surface area contributed by atoms with E-state index >= 15 is 0 Å². The molecule has 6 nitrogen and oxygen atoms in total. The van der Waals surface area contributed by atoms with Crippen LogP contribution in [0.4, 0.5) is 0 Å². The predicted molar refractivity (Wildman–Crippen MR) is 106 cm³/mol. The van der Waals surface area contributed by atoms with Crippen LogP contribution in [0.1, 0.15) is 43.0 Å². The highest BCUT2D eigenvalue weighted by atomic mass is 32.2. The van der Waals surface area contributed by atoms with Gasteiger partial charge in [-0.1, -0.05) is 42.1 Å². The minimum atomic E-state index is 0.199. The molecular formula is C20H28N5OS+. The van der Waals surface area contributed by atoms with Crippen LogP contribution >= 0.6 is 11.8 Å². The van der Waals surface area contributed by atoms with E-state index in [1.807, 2.05) is 6.07 Å². The van der Waals surface area contributed by atoms with Gasteiger partial charge in [-0.3, -0.25) is 4.79 Å². The third kappa shape index (κ3) is 4.90. The van der Waals surface area contributed by atoms with Crippen molar-refractivity contribution in [1.29, 1.82) is 0 Å². The largest absolute Gasteiger partial charge is 0.348 e. The van der Waals surface area contributed by atoms with Crippen molar-refractivity contribution in [3.05, 3.63) is 41.7 Å². The second-order valence-electron chi connectivity index (χ2n) is 7.74. The Morgan fingerprint density at radius 1 is 1.26 bits per heavy atom. The number of thioether (sulfide) groups is 1. The first-order valence-electron chi connectivity index (χ1n) is 9.88. The summed E-state index contributed by atoms with van der Waals surface area (Å²) in [5.74, 6) is 2.54. The number of amides is 1.